The van der Waals surface area contributed by atoms with Crippen molar-refractivity contribution in [3.8, 4) is 0 Å². The Morgan fingerprint density at radius 3 is 2.72 bits per heavy atom. The van der Waals surface area contributed by atoms with Crippen LogP contribution in [0.3, 0.4) is 0 Å². The molecule has 5 nitrogen and oxygen atoms in total. The van der Waals surface area contributed by atoms with Gasteiger partial charge in [0.1, 0.15) is 11.1 Å². The maximum atomic E-state index is 12.8. The average Bonchev–Trinajstić information content (AvgIpc) is 2.30. The van der Waals surface area contributed by atoms with Gasteiger partial charge in [-0.1, -0.05) is 0 Å². The number of aliphatic hydroxyl groups is 1. The van der Waals surface area contributed by atoms with Gasteiger partial charge in [-0.25, -0.2) is 13.5 Å². The number of hydrogen-bond donors (Lipinski definition) is 2. The van der Waals surface area contributed by atoms with Crippen LogP contribution in [-0.2, 0) is 0 Å². The van der Waals surface area contributed by atoms with Crippen LogP contribution in [0.15, 0.2) is 15.5 Å². The fourth-order valence-corrected chi connectivity index (χ4v) is 1.64. The molecule has 0 saturated heterocycles. The summed E-state index contributed by atoms with van der Waals surface area (Å²) in [4.78, 5) is 11.8. The minimum Gasteiger partial charge on any atom is -0.390 e. The molecule has 102 valence electrons. The fraction of sp³-hybridized carbons (Fsp3) is 0.600. The highest BCUT2D eigenvalue weighted by molar-refractivity contribution is 9.10. The summed E-state index contributed by atoms with van der Waals surface area (Å²) in [6.07, 6.45) is 1.29. The minimum absolute atomic E-state index is 0.123. The number of aromatic nitrogens is 2. The van der Waals surface area contributed by atoms with Gasteiger partial charge in [-0.15, -0.1) is 0 Å². The highest BCUT2D eigenvalue weighted by Crippen LogP contribution is 2.19. The van der Waals surface area contributed by atoms with Crippen LogP contribution in [-0.4, -0.2) is 34.0 Å². The molecule has 0 atom stereocenters. The van der Waals surface area contributed by atoms with Crippen molar-refractivity contribution < 1.29 is 13.9 Å². The van der Waals surface area contributed by atoms with Gasteiger partial charge in [-0.05, 0) is 29.8 Å². The summed E-state index contributed by atoms with van der Waals surface area (Å²) >= 11 is 3.05. The van der Waals surface area contributed by atoms with Crippen LogP contribution in [0, 0.1) is 0 Å². The third-order valence-electron chi connectivity index (χ3n) is 2.20. The number of halogens is 3. The molecule has 1 rings (SSSR count). The molecule has 1 heterocycles. The predicted molar refractivity (Wildman–Crippen MR) is 67.1 cm³/mol. The van der Waals surface area contributed by atoms with Gasteiger partial charge in [0.05, 0.1) is 24.5 Å². The van der Waals surface area contributed by atoms with Gasteiger partial charge >= 0.3 is 0 Å². The molecule has 0 fully saturated rings. The maximum absolute atomic E-state index is 12.8. The molecule has 0 unspecified atom stereocenters. The Bertz CT molecular complexity index is 477. The van der Waals surface area contributed by atoms with Crippen molar-refractivity contribution in [1.82, 2.24) is 9.78 Å². The zero-order chi connectivity index (χ0) is 13.9. The van der Waals surface area contributed by atoms with Gasteiger partial charge in [0.25, 0.3) is 11.5 Å². The number of alkyl halides is 2. The van der Waals surface area contributed by atoms with Gasteiger partial charge in [-0.2, -0.15) is 5.10 Å². The lowest BCUT2D eigenvalue weighted by Crippen LogP contribution is -2.32. The lowest BCUT2D eigenvalue weighted by atomic mass is 10.3. The molecule has 8 heteroatoms. The molecule has 0 aromatic carbocycles. The lowest BCUT2D eigenvalue weighted by molar-refractivity contribution is -0.0373. The molecular formula is C10H14BrF2N3O2. The van der Waals surface area contributed by atoms with Crippen molar-refractivity contribution in [1.29, 1.82) is 0 Å². The summed E-state index contributed by atoms with van der Waals surface area (Å²) in [5, 5.41) is 14.7. The van der Waals surface area contributed by atoms with Crippen LogP contribution in [0.25, 0.3) is 0 Å². The van der Waals surface area contributed by atoms with Gasteiger partial charge in [-0.3, -0.25) is 4.79 Å². The summed E-state index contributed by atoms with van der Waals surface area (Å²) in [6.45, 7) is 1.55. The topological polar surface area (TPSA) is 67.2 Å². The molecule has 0 saturated carbocycles. The van der Waals surface area contributed by atoms with Gasteiger partial charge in [0.15, 0.2) is 0 Å². The first-order valence-electron chi connectivity index (χ1n) is 5.28. The van der Waals surface area contributed by atoms with Crippen LogP contribution < -0.4 is 10.9 Å². The lowest BCUT2D eigenvalue weighted by Gasteiger charge is -2.16. The molecule has 0 amide bonds. The molecule has 18 heavy (non-hydrogen) atoms. The van der Waals surface area contributed by atoms with Gasteiger partial charge in [0, 0.05) is 0 Å². The van der Waals surface area contributed by atoms with E-state index >= 15 is 0 Å². The quantitative estimate of drug-likeness (QED) is 0.863. The molecular weight excluding hydrogens is 312 g/mol. The molecule has 1 aromatic heterocycles. The zero-order valence-electron chi connectivity index (χ0n) is 9.95. The first kappa shape index (κ1) is 15.0. The zero-order valence-corrected chi connectivity index (χ0v) is 11.5. The van der Waals surface area contributed by atoms with Crippen LogP contribution in [0.5, 0.6) is 0 Å². The van der Waals surface area contributed by atoms with Gasteiger partial charge < -0.3 is 10.4 Å². The molecule has 0 aliphatic heterocycles. The van der Waals surface area contributed by atoms with E-state index in [0.717, 1.165) is 0 Å². The van der Waals surface area contributed by atoms with Crippen molar-refractivity contribution in [2.24, 2.45) is 0 Å². The van der Waals surface area contributed by atoms with Crippen LogP contribution in [0.2, 0.25) is 0 Å². The van der Waals surface area contributed by atoms with E-state index in [1.165, 1.54) is 10.9 Å². The average molecular weight is 326 g/mol. The Kier molecular flexibility index (Phi) is 4.80. The third kappa shape index (κ3) is 3.49. The van der Waals surface area contributed by atoms with Crippen molar-refractivity contribution >= 4 is 21.6 Å². The smallest absolute Gasteiger partial charge is 0.287 e. The van der Waals surface area contributed by atoms with E-state index in [-0.39, 0.29) is 16.2 Å². The van der Waals surface area contributed by atoms with Crippen molar-refractivity contribution in [2.75, 3.05) is 18.5 Å². The normalized spacial score (nSPS) is 11.9. The standard InChI is InChI=1S/C10H14BrF2N3O2/c1-6(2)16-9(18)8(11)7(3-15-16)14-4-10(12,13)5-17/h3,6,14,17H,4-5H2,1-2H3. The van der Waals surface area contributed by atoms with Crippen LogP contribution in [0.1, 0.15) is 19.9 Å². The summed E-state index contributed by atoms with van der Waals surface area (Å²) in [6, 6.07) is -0.123. The summed E-state index contributed by atoms with van der Waals surface area (Å²) in [5.41, 5.74) is -0.229. The Morgan fingerprint density at radius 2 is 2.22 bits per heavy atom. The van der Waals surface area contributed by atoms with E-state index in [1.54, 1.807) is 13.8 Å². The monoisotopic (exact) mass is 325 g/mol. The predicted octanol–water partition coefficient (Wildman–Crippen LogP) is 1.63. The maximum Gasteiger partial charge on any atom is 0.287 e. The van der Waals surface area contributed by atoms with Crippen LogP contribution >= 0.6 is 15.9 Å². The molecule has 0 radical (unpaired) electrons. The first-order chi connectivity index (χ1) is 8.28. The Morgan fingerprint density at radius 1 is 1.61 bits per heavy atom. The van der Waals surface area contributed by atoms with Crippen LogP contribution in [0.4, 0.5) is 14.5 Å². The second kappa shape index (κ2) is 5.75. The second-order valence-corrected chi connectivity index (χ2v) is 4.88. The first-order valence-corrected chi connectivity index (χ1v) is 6.07. The van der Waals surface area contributed by atoms with Gasteiger partial charge in [0.2, 0.25) is 0 Å². The summed E-state index contributed by atoms with van der Waals surface area (Å²) in [7, 11) is 0. The Balaban J connectivity index is 2.93. The van der Waals surface area contributed by atoms with E-state index in [9.17, 15) is 13.6 Å². The third-order valence-corrected chi connectivity index (χ3v) is 2.97. The van der Waals surface area contributed by atoms with E-state index in [4.69, 9.17) is 5.11 Å². The van der Waals surface area contributed by atoms with E-state index in [2.05, 4.69) is 26.3 Å². The Labute approximate surface area is 111 Å². The largest absolute Gasteiger partial charge is 0.390 e. The fourth-order valence-electron chi connectivity index (χ4n) is 1.22. The molecule has 1 aromatic rings. The molecule has 0 spiro atoms. The number of anilines is 1. The SMILES string of the molecule is CC(C)n1ncc(NCC(F)(F)CO)c(Br)c1=O. The number of aliphatic hydroxyl groups excluding tert-OH is 1. The number of hydrogen-bond acceptors (Lipinski definition) is 4. The Hall–Kier alpha value is -1.02. The number of rotatable bonds is 5. The van der Waals surface area contributed by atoms with Crippen molar-refractivity contribution in [3.05, 3.63) is 21.0 Å². The molecule has 2 N–H and O–H groups in total. The molecule has 0 bridgehead atoms. The summed E-state index contributed by atoms with van der Waals surface area (Å²) < 4.78 is 27.1. The number of nitrogens with zero attached hydrogens (tertiary/aromatic N) is 2. The minimum atomic E-state index is -3.24. The van der Waals surface area contributed by atoms with Crippen molar-refractivity contribution in [2.45, 2.75) is 25.8 Å². The van der Waals surface area contributed by atoms with Crippen molar-refractivity contribution in [3.63, 3.8) is 0 Å². The van der Waals surface area contributed by atoms with E-state index in [0.29, 0.717) is 0 Å². The van der Waals surface area contributed by atoms with E-state index in [1.807, 2.05) is 0 Å². The van der Waals surface area contributed by atoms with E-state index < -0.39 is 24.6 Å². The highest BCUT2D eigenvalue weighted by atomic mass is 79.9. The number of nitrogens with one attached hydrogen (secondary N) is 1. The second-order valence-electron chi connectivity index (χ2n) is 4.08. The summed E-state index contributed by atoms with van der Waals surface area (Å²) in [5.74, 6) is -3.24. The molecule has 0 aliphatic carbocycles. The molecule has 0 aliphatic rings. The highest BCUT2D eigenvalue weighted by Gasteiger charge is 2.27.